The number of benzene rings is 1. The van der Waals surface area contributed by atoms with Gasteiger partial charge in [-0.2, -0.15) is 18.3 Å². The summed E-state index contributed by atoms with van der Waals surface area (Å²) in [6, 6.07) is 12.7. The number of halogens is 4. The van der Waals surface area contributed by atoms with Gasteiger partial charge in [0.15, 0.2) is 5.69 Å². The van der Waals surface area contributed by atoms with Crippen molar-refractivity contribution < 1.29 is 23.1 Å². The zero-order chi connectivity index (χ0) is 24.0. The van der Waals surface area contributed by atoms with Gasteiger partial charge in [0.1, 0.15) is 0 Å². The van der Waals surface area contributed by atoms with Crippen LogP contribution in [0.3, 0.4) is 0 Å². The fourth-order valence-electron chi connectivity index (χ4n) is 3.17. The maximum atomic E-state index is 13.4. The lowest BCUT2D eigenvalue weighted by atomic mass is 9.85. The van der Waals surface area contributed by atoms with Crippen LogP contribution in [0.4, 0.5) is 13.2 Å². The Bertz CT molecular complexity index is 1340. The molecule has 0 atom stereocenters. The Balaban J connectivity index is 1.81. The summed E-state index contributed by atoms with van der Waals surface area (Å²) in [5, 5.41) is 13.5. The van der Waals surface area contributed by atoms with Gasteiger partial charge in [-0.05, 0) is 55.8 Å². The van der Waals surface area contributed by atoms with Crippen LogP contribution in [0, 0.1) is 0 Å². The number of nitrogens with zero attached hydrogens (tertiary/aromatic N) is 3. The van der Waals surface area contributed by atoms with Crippen LogP contribution in [0.1, 0.15) is 25.1 Å². The van der Waals surface area contributed by atoms with Gasteiger partial charge in [-0.15, -0.1) is 11.3 Å². The molecule has 0 saturated carbocycles. The lowest BCUT2D eigenvalue weighted by Crippen LogP contribution is -2.28. The van der Waals surface area contributed by atoms with Crippen molar-refractivity contribution in [2.45, 2.75) is 25.4 Å². The summed E-state index contributed by atoms with van der Waals surface area (Å²) < 4.78 is 41.5. The van der Waals surface area contributed by atoms with Gasteiger partial charge in [-0.25, -0.2) is 4.68 Å². The third-order valence-corrected chi connectivity index (χ3v) is 6.69. The number of para-hydroxylation sites is 1. The second-order valence-electron chi connectivity index (χ2n) is 7.83. The Morgan fingerprint density at radius 3 is 2.42 bits per heavy atom. The van der Waals surface area contributed by atoms with Crippen molar-refractivity contribution in [3.05, 3.63) is 77.2 Å². The number of thiophene rings is 1. The summed E-state index contributed by atoms with van der Waals surface area (Å²) >= 11 is 7.48. The van der Waals surface area contributed by atoms with Gasteiger partial charge in [0.25, 0.3) is 0 Å². The minimum Gasteiger partial charge on any atom is -0.481 e. The summed E-state index contributed by atoms with van der Waals surface area (Å²) in [7, 11) is 0. The van der Waals surface area contributed by atoms with Crippen LogP contribution in [-0.2, 0) is 16.4 Å². The van der Waals surface area contributed by atoms with E-state index in [9.17, 15) is 23.1 Å². The van der Waals surface area contributed by atoms with Gasteiger partial charge < -0.3 is 5.11 Å². The van der Waals surface area contributed by atoms with E-state index in [0.717, 1.165) is 10.9 Å². The zero-order valence-corrected chi connectivity index (χ0v) is 19.0. The van der Waals surface area contributed by atoms with Gasteiger partial charge in [0.05, 0.1) is 26.7 Å². The molecule has 33 heavy (non-hydrogen) atoms. The first-order chi connectivity index (χ1) is 15.5. The Morgan fingerprint density at radius 1 is 1.06 bits per heavy atom. The molecule has 10 heteroatoms. The highest BCUT2D eigenvalue weighted by Crippen LogP contribution is 2.39. The van der Waals surface area contributed by atoms with Crippen LogP contribution in [0.25, 0.3) is 26.7 Å². The van der Waals surface area contributed by atoms with Crippen molar-refractivity contribution in [1.29, 1.82) is 0 Å². The number of pyridine rings is 1. The van der Waals surface area contributed by atoms with Crippen LogP contribution in [-0.4, -0.2) is 25.8 Å². The van der Waals surface area contributed by atoms with Crippen molar-refractivity contribution in [1.82, 2.24) is 14.8 Å². The topological polar surface area (TPSA) is 68.0 Å². The van der Waals surface area contributed by atoms with Crippen molar-refractivity contribution in [2.24, 2.45) is 0 Å². The molecular formula is C23H17ClF3N3O2S. The zero-order valence-electron chi connectivity index (χ0n) is 17.4. The predicted octanol–water partition coefficient (Wildman–Crippen LogP) is 6.70. The van der Waals surface area contributed by atoms with E-state index in [1.807, 2.05) is 0 Å². The van der Waals surface area contributed by atoms with Crippen LogP contribution in [0.15, 0.2) is 60.9 Å². The van der Waals surface area contributed by atoms with Crippen molar-refractivity contribution in [3.63, 3.8) is 0 Å². The lowest BCUT2D eigenvalue weighted by molar-refractivity contribution is -0.142. The normalized spacial score (nSPS) is 12.2. The molecule has 0 amide bonds. The van der Waals surface area contributed by atoms with Crippen LogP contribution in [0.5, 0.6) is 0 Å². The number of hydrogen-bond acceptors (Lipinski definition) is 4. The second kappa shape index (κ2) is 8.31. The molecule has 3 aromatic heterocycles. The van der Waals surface area contributed by atoms with Crippen LogP contribution < -0.4 is 0 Å². The fraction of sp³-hybridized carbons (Fsp3) is 0.174. The van der Waals surface area contributed by atoms with E-state index >= 15 is 0 Å². The highest BCUT2D eigenvalue weighted by atomic mass is 35.5. The molecule has 4 aromatic rings. The number of aliphatic carboxylic acids is 1. The average molecular weight is 492 g/mol. The molecule has 0 aliphatic heterocycles. The molecule has 0 fully saturated rings. The second-order valence-corrected chi connectivity index (χ2v) is 9.32. The third-order valence-electron chi connectivity index (χ3n) is 5.22. The lowest BCUT2D eigenvalue weighted by Gasteiger charge is -2.19. The van der Waals surface area contributed by atoms with Crippen molar-refractivity contribution in [3.8, 4) is 26.7 Å². The Hall–Kier alpha value is -3.17. The fourth-order valence-corrected chi connectivity index (χ4v) is 4.38. The first kappa shape index (κ1) is 23.0. The van der Waals surface area contributed by atoms with Gasteiger partial charge in [-0.1, -0.05) is 23.7 Å². The first-order valence-corrected chi connectivity index (χ1v) is 10.9. The Morgan fingerprint density at radius 2 is 1.76 bits per heavy atom. The number of carboxylic acids is 1. The molecule has 0 unspecified atom stereocenters. The molecule has 1 aromatic carbocycles. The summed E-state index contributed by atoms with van der Waals surface area (Å²) in [5.74, 6) is -0.989. The number of carbonyl (C=O) groups is 1. The van der Waals surface area contributed by atoms with E-state index in [4.69, 9.17) is 11.6 Å². The van der Waals surface area contributed by atoms with Crippen molar-refractivity contribution in [2.75, 3.05) is 0 Å². The van der Waals surface area contributed by atoms with Crippen molar-refractivity contribution >= 4 is 28.9 Å². The van der Waals surface area contributed by atoms with Gasteiger partial charge in [-0.3, -0.25) is 9.78 Å². The summed E-state index contributed by atoms with van der Waals surface area (Å²) in [6.45, 7) is 3.16. The molecule has 0 spiro atoms. The van der Waals surface area contributed by atoms with E-state index in [-0.39, 0.29) is 10.7 Å². The number of aromatic nitrogens is 3. The number of carboxylic acid groups (broad SMARTS) is 1. The van der Waals surface area contributed by atoms with E-state index < -0.39 is 23.3 Å². The standard InChI is InChI=1S/C23H17ClF3N3O2S/c1-22(2,21(31)32)14-9-13(11-28-12-14)18-7-8-19(33-18)17-10-20(23(25,26)27)29-30(17)16-6-4-3-5-15(16)24/h3-12H,1-2H3,(H,31,32). The summed E-state index contributed by atoms with van der Waals surface area (Å²) in [5.41, 5.74) is -0.429. The van der Waals surface area contributed by atoms with E-state index in [1.165, 1.54) is 22.2 Å². The van der Waals surface area contributed by atoms with Gasteiger partial charge >= 0.3 is 12.1 Å². The summed E-state index contributed by atoms with van der Waals surface area (Å²) in [6.07, 6.45) is -1.54. The van der Waals surface area contributed by atoms with Crippen LogP contribution in [0.2, 0.25) is 5.02 Å². The van der Waals surface area contributed by atoms with Gasteiger partial charge in [0, 0.05) is 22.8 Å². The van der Waals surface area contributed by atoms with E-state index in [2.05, 4.69) is 10.1 Å². The molecule has 0 aliphatic carbocycles. The van der Waals surface area contributed by atoms with E-state index in [0.29, 0.717) is 21.7 Å². The average Bonchev–Trinajstić information content (AvgIpc) is 3.41. The molecule has 0 saturated heterocycles. The maximum absolute atomic E-state index is 13.4. The smallest absolute Gasteiger partial charge is 0.435 e. The maximum Gasteiger partial charge on any atom is 0.435 e. The summed E-state index contributed by atoms with van der Waals surface area (Å²) in [4.78, 5) is 17.0. The molecule has 4 rings (SSSR count). The Kier molecular flexibility index (Phi) is 5.79. The number of alkyl halides is 3. The monoisotopic (exact) mass is 491 g/mol. The molecule has 0 radical (unpaired) electrons. The first-order valence-electron chi connectivity index (χ1n) is 9.70. The minimum absolute atomic E-state index is 0.238. The molecule has 1 N–H and O–H groups in total. The molecule has 170 valence electrons. The highest BCUT2D eigenvalue weighted by Gasteiger charge is 2.36. The SMILES string of the molecule is CC(C)(C(=O)O)c1cncc(-c2ccc(-c3cc(C(F)(F)F)nn3-c3ccccc3Cl)s2)c1. The van der Waals surface area contributed by atoms with E-state index in [1.54, 1.807) is 62.5 Å². The Labute approximate surface area is 196 Å². The molecule has 0 bridgehead atoms. The van der Waals surface area contributed by atoms with Crippen LogP contribution >= 0.6 is 22.9 Å². The quantitative estimate of drug-likeness (QED) is 0.337. The minimum atomic E-state index is -4.62. The molecule has 0 aliphatic rings. The molecule has 5 nitrogen and oxygen atoms in total. The van der Waals surface area contributed by atoms with Gasteiger partial charge in [0.2, 0.25) is 0 Å². The number of hydrogen-bond donors (Lipinski definition) is 1. The largest absolute Gasteiger partial charge is 0.481 e. The highest BCUT2D eigenvalue weighted by molar-refractivity contribution is 7.18. The molecular weight excluding hydrogens is 475 g/mol. The molecule has 3 heterocycles. The third kappa shape index (κ3) is 4.38. The number of rotatable bonds is 5. The predicted molar refractivity (Wildman–Crippen MR) is 121 cm³/mol.